The third kappa shape index (κ3) is 11.2. The first kappa shape index (κ1) is 12.9. The van der Waals surface area contributed by atoms with Gasteiger partial charge in [-0.15, -0.1) is 0 Å². The average molecular weight is 163 g/mol. The summed E-state index contributed by atoms with van der Waals surface area (Å²) in [4.78, 5) is 0. The molecular weight excluding hydrogens is 142 g/mol. The molecule has 0 atom stereocenters. The summed E-state index contributed by atoms with van der Waals surface area (Å²) in [7, 11) is 0. The first-order chi connectivity index (χ1) is 4.13. The predicted molar refractivity (Wildman–Crippen MR) is 52.0 cm³/mol. The molecule has 0 radical (unpaired) electrons. The van der Waals surface area contributed by atoms with Gasteiger partial charge < -0.3 is 6.15 Å². The topological polar surface area (TPSA) is 35.0 Å². The molecule has 2 heteroatoms. The van der Waals surface area contributed by atoms with Crippen LogP contribution in [0.15, 0.2) is 0 Å². The summed E-state index contributed by atoms with van der Waals surface area (Å²) in [5.74, 6) is 4.35. The van der Waals surface area contributed by atoms with Crippen LogP contribution in [0, 0.1) is 11.8 Å². The van der Waals surface area contributed by atoms with E-state index in [0.29, 0.717) is 0 Å². The van der Waals surface area contributed by atoms with E-state index in [1.54, 1.807) is 0 Å². The van der Waals surface area contributed by atoms with Crippen molar-refractivity contribution in [3.05, 3.63) is 0 Å². The van der Waals surface area contributed by atoms with Crippen molar-refractivity contribution < 1.29 is 0 Å². The molecule has 0 aliphatic carbocycles. The van der Waals surface area contributed by atoms with E-state index in [0.717, 1.165) is 11.8 Å². The van der Waals surface area contributed by atoms with Crippen molar-refractivity contribution in [2.24, 2.45) is 11.8 Å². The molecular formula is C8H21NS. The Bertz CT molecular complexity index is 54.3. The van der Waals surface area contributed by atoms with Crippen LogP contribution in [0.2, 0.25) is 0 Å². The zero-order valence-corrected chi connectivity index (χ0v) is 8.50. The van der Waals surface area contributed by atoms with Gasteiger partial charge in [-0.25, -0.2) is 0 Å². The summed E-state index contributed by atoms with van der Waals surface area (Å²) in [5, 5.41) is 0. The number of rotatable bonds is 4. The molecule has 0 aliphatic rings. The summed E-state index contributed by atoms with van der Waals surface area (Å²) in [6, 6.07) is 0. The number of hydrogen-bond acceptors (Lipinski definition) is 2. The smallest absolute Gasteiger partial charge is 0.00443 e. The molecule has 0 unspecified atom stereocenters. The Kier molecular flexibility index (Phi) is 9.60. The first-order valence-electron chi connectivity index (χ1n) is 3.70. The van der Waals surface area contributed by atoms with Crippen molar-refractivity contribution >= 4 is 11.8 Å². The number of thioether (sulfide) groups is 1. The molecule has 64 valence electrons. The quantitative estimate of drug-likeness (QED) is 0.690. The van der Waals surface area contributed by atoms with Crippen molar-refractivity contribution in [1.82, 2.24) is 6.15 Å². The molecule has 0 saturated carbocycles. The molecule has 0 rings (SSSR count). The summed E-state index contributed by atoms with van der Waals surface area (Å²) in [5.41, 5.74) is 0. The van der Waals surface area contributed by atoms with E-state index in [4.69, 9.17) is 0 Å². The Morgan fingerprint density at radius 2 is 1.20 bits per heavy atom. The molecule has 0 saturated heterocycles. The Labute approximate surface area is 69.6 Å². The normalized spacial score (nSPS) is 10.2. The summed E-state index contributed by atoms with van der Waals surface area (Å²) < 4.78 is 0. The molecule has 0 amide bonds. The van der Waals surface area contributed by atoms with Gasteiger partial charge in [-0.1, -0.05) is 27.7 Å². The highest BCUT2D eigenvalue weighted by atomic mass is 32.2. The van der Waals surface area contributed by atoms with Crippen LogP contribution in [-0.4, -0.2) is 11.5 Å². The maximum atomic E-state index is 2.27. The van der Waals surface area contributed by atoms with E-state index in [1.807, 2.05) is 0 Å². The van der Waals surface area contributed by atoms with Gasteiger partial charge in [0.1, 0.15) is 0 Å². The largest absolute Gasteiger partial charge is 0.344 e. The molecule has 0 bridgehead atoms. The highest BCUT2D eigenvalue weighted by Gasteiger charge is 1.95. The van der Waals surface area contributed by atoms with Gasteiger partial charge in [0, 0.05) is 0 Å². The van der Waals surface area contributed by atoms with Gasteiger partial charge in [0.15, 0.2) is 0 Å². The molecule has 10 heavy (non-hydrogen) atoms. The van der Waals surface area contributed by atoms with Gasteiger partial charge in [0.25, 0.3) is 0 Å². The van der Waals surface area contributed by atoms with Crippen LogP contribution >= 0.6 is 11.8 Å². The minimum atomic E-state index is 0. The first-order valence-corrected chi connectivity index (χ1v) is 4.86. The highest BCUT2D eigenvalue weighted by Crippen LogP contribution is 2.11. The fourth-order valence-corrected chi connectivity index (χ4v) is 1.62. The molecule has 0 heterocycles. The van der Waals surface area contributed by atoms with E-state index in [-0.39, 0.29) is 6.15 Å². The Morgan fingerprint density at radius 1 is 0.900 bits per heavy atom. The third-order valence-electron chi connectivity index (χ3n) is 0.902. The van der Waals surface area contributed by atoms with Crippen LogP contribution in [0.3, 0.4) is 0 Å². The lowest BCUT2D eigenvalue weighted by molar-refractivity contribution is 0.730. The van der Waals surface area contributed by atoms with E-state index in [1.165, 1.54) is 11.5 Å². The molecule has 0 fully saturated rings. The summed E-state index contributed by atoms with van der Waals surface area (Å²) in [6.07, 6.45) is 0. The lowest BCUT2D eigenvalue weighted by atomic mass is 10.3. The molecule has 1 nitrogen and oxygen atoms in total. The van der Waals surface area contributed by atoms with E-state index in [9.17, 15) is 0 Å². The minimum Gasteiger partial charge on any atom is -0.344 e. The van der Waals surface area contributed by atoms with E-state index >= 15 is 0 Å². The van der Waals surface area contributed by atoms with Crippen molar-refractivity contribution in [2.75, 3.05) is 11.5 Å². The Balaban J connectivity index is 0. The SMILES string of the molecule is CC(C)CSCC(C)C.N. The van der Waals surface area contributed by atoms with Gasteiger partial charge >= 0.3 is 0 Å². The van der Waals surface area contributed by atoms with Crippen LogP contribution in [0.25, 0.3) is 0 Å². The minimum absolute atomic E-state index is 0. The maximum Gasteiger partial charge on any atom is -0.00443 e. The van der Waals surface area contributed by atoms with Crippen molar-refractivity contribution in [1.29, 1.82) is 0 Å². The fraction of sp³-hybridized carbons (Fsp3) is 1.00. The van der Waals surface area contributed by atoms with Crippen molar-refractivity contribution in [3.63, 3.8) is 0 Å². The Hall–Kier alpha value is 0.310. The van der Waals surface area contributed by atoms with E-state index < -0.39 is 0 Å². The average Bonchev–Trinajstić information content (AvgIpc) is 1.63. The lowest BCUT2D eigenvalue weighted by Crippen LogP contribution is -1.96. The Morgan fingerprint density at radius 3 is 1.40 bits per heavy atom. The van der Waals surface area contributed by atoms with Gasteiger partial charge in [-0.2, -0.15) is 11.8 Å². The molecule has 0 aromatic heterocycles. The second-order valence-electron chi connectivity index (χ2n) is 3.33. The van der Waals surface area contributed by atoms with Crippen LogP contribution in [0.4, 0.5) is 0 Å². The summed E-state index contributed by atoms with van der Waals surface area (Å²) >= 11 is 2.07. The molecule has 0 aromatic carbocycles. The molecule has 0 spiro atoms. The number of hydrogen-bond donors (Lipinski definition) is 1. The van der Waals surface area contributed by atoms with Crippen molar-refractivity contribution in [3.8, 4) is 0 Å². The predicted octanol–water partition coefficient (Wildman–Crippen LogP) is 3.19. The van der Waals surface area contributed by atoms with Crippen LogP contribution in [0.5, 0.6) is 0 Å². The zero-order valence-electron chi connectivity index (χ0n) is 7.68. The molecule has 0 aliphatic heterocycles. The second kappa shape index (κ2) is 7.42. The highest BCUT2D eigenvalue weighted by molar-refractivity contribution is 7.99. The zero-order chi connectivity index (χ0) is 7.28. The lowest BCUT2D eigenvalue weighted by Gasteiger charge is -2.05. The van der Waals surface area contributed by atoms with Crippen LogP contribution in [-0.2, 0) is 0 Å². The molecule has 0 aromatic rings. The fourth-order valence-electron chi connectivity index (χ4n) is 0.539. The summed E-state index contributed by atoms with van der Waals surface area (Å²) in [6.45, 7) is 9.08. The van der Waals surface area contributed by atoms with Crippen LogP contribution < -0.4 is 6.15 Å². The van der Waals surface area contributed by atoms with Crippen LogP contribution in [0.1, 0.15) is 27.7 Å². The van der Waals surface area contributed by atoms with Gasteiger partial charge in [-0.05, 0) is 23.3 Å². The maximum absolute atomic E-state index is 2.27. The van der Waals surface area contributed by atoms with Crippen molar-refractivity contribution in [2.45, 2.75) is 27.7 Å². The third-order valence-corrected chi connectivity index (χ3v) is 2.71. The van der Waals surface area contributed by atoms with E-state index in [2.05, 4.69) is 39.5 Å². The standard InChI is InChI=1S/C8H18S.H3N/c1-7(2)5-9-6-8(3)4;/h7-8H,5-6H2,1-4H3;1H3. The second-order valence-corrected chi connectivity index (χ2v) is 4.40. The monoisotopic (exact) mass is 163 g/mol. The van der Waals surface area contributed by atoms with Gasteiger partial charge in [0.05, 0.1) is 0 Å². The van der Waals surface area contributed by atoms with Gasteiger partial charge in [-0.3, -0.25) is 0 Å². The molecule has 3 N–H and O–H groups in total. The van der Waals surface area contributed by atoms with Gasteiger partial charge in [0.2, 0.25) is 0 Å².